The molecule has 1 aliphatic carbocycles. The zero-order valence-electron chi connectivity index (χ0n) is 11.6. The molecular formula is C13H17N3O5. The van der Waals surface area contributed by atoms with Gasteiger partial charge in [0, 0.05) is 19.2 Å². The quantitative estimate of drug-likeness (QED) is 0.642. The van der Waals surface area contributed by atoms with Crippen molar-refractivity contribution in [2.75, 3.05) is 0 Å². The van der Waals surface area contributed by atoms with Crippen LogP contribution in [-0.2, 0) is 11.8 Å². The lowest BCUT2D eigenvalue weighted by atomic mass is 9.86. The highest BCUT2D eigenvalue weighted by Gasteiger charge is 2.27. The smallest absolute Gasteiger partial charge is 0.306 e. The zero-order chi connectivity index (χ0) is 15.6. The maximum atomic E-state index is 12.1. The van der Waals surface area contributed by atoms with Crippen LogP contribution in [0.5, 0.6) is 0 Å². The molecule has 1 saturated carbocycles. The lowest BCUT2D eigenvalue weighted by Gasteiger charge is -2.26. The number of nitrogens with zero attached hydrogens (tertiary/aromatic N) is 2. The van der Waals surface area contributed by atoms with Gasteiger partial charge in [-0.25, -0.2) is 0 Å². The van der Waals surface area contributed by atoms with E-state index < -0.39 is 10.9 Å². The van der Waals surface area contributed by atoms with Crippen LogP contribution in [0.1, 0.15) is 36.2 Å². The van der Waals surface area contributed by atoms with Crippen LogP contribution in [-0.4, -0.2) is 32.5 Å². The molecule has 0 unspecified atom stereocenters. The number of rotatable bonds is 4. The summed E-state index contributed by atoms with van der Waals surface area (Å²) >= 11 is 0. The SMILES string of the molecule is Cn1cc([N+](=O)[O-])cc1C(=O)NC1CCC(C(=O)O)CC1. The third-order valence-corrected chi connectivity index (χ3v) is 3.85. The Kier molecular flexibility index (Phi) is 4.25. The molecule has 8 nitrogen and oxygen atoms in total. The first-order chi connectivity index (χ1) is 9.88. The van der Waals surface area contributed by atoms with Crippen LogP contribution in [0.3, 0.4) is 0 Å². The van der Waals surface area contributed by atoms with Crippen LogP contribution in [0.4, 0.5) is 5.69 Å². The minimum absolute atomic E-state index is 0.0814. The highest BCUT2D eigenvalue weighted by molar-refractivity contribution is 5.93. The fraction of sp³-hybridized carbons (Fsp3) is 0.538. The summed E-state index contributed by atoms with van der Waals surface area (Å²) in [5, 5.41) is 22.4. The average molecular weight is 295 g/mol. The Balaban J connectivity index is 1.96. The number of aliphatic carboxylic acids is 1. The third kappa shape index (κ3) is 3.39. The fourth-order valence-electron chi connectivity index (χ4n) is 2.62. The zero-order valence-corrected chi connectivity index (χ0v) is 11.6. The van der Waals surface area contributed by atoms with E-state index >= 15 is 0 Å². The Morgan fingerprint density at radius 2 is 2.00 bits per heavy atom. The van der Waals surface area contributed by atoms with Crippen molar-refractivity contribution in [3.63, 3.8) is 0 Å². The number of aryl methyl sites for hydroxylation is 1. The predicted molar refractivity (Wildman–Crippen MR) is 72.9 cm³/mol. The lowest BCUT2D eigenvalue weighted by molar-refractivity contribution is -0.384. The van der Waals surface area contributed by atoms with E-state index in [2.05, 4.69) is 5.32 Å². The van der Waals surface area contributed by atoms with E-state index in [9.17, 15) is 19.7 Å². The first kappa shape index (κ1) is 15.0. The first-order valence-corrected chi connectivity index (χ1v) is 6.73. The monoisotopic (exact) mass is 295 g/mol. The van der Waals surface area contributed by atoms with Crippen LogP contribution < -0.4 is 5.32 Å². The lowest BCUT2D eigenvalue weighted by Crippen LogP contribution is -2.39. The van der Waals surface area contributed by atoms with E-state index in [1.54, 1.807) is 7.05 Å². The van der Waals surface area contributed by atoms with E-state index in [1.807, 2.05) is 0 Å². The Bertz CT molecular complexity index is 572. The topological polar surface area (TPSA) is 114 Å². The number of carboxylic acids is 1. The molecule has 1 aromatic rings. The van der Waals surface area contributed by atoms with Crippen LogP contribution >= 0.6 is 0 Å². The summed E-state index contributed by atoms with van der Waals surface area (Å²) in [5.74, 6) is -1.50. The van der Waals surface area contributed by atoms with Gasteiger partial charge >= 0.3 is 5.97 Å². The second-order valence-electron chi connectivity index (χ2n) is 5.31. The second-order valence-corrected chi connectivity index (χ2v) is 5.31. The minimum atomic E-state index is -0.794. The van der Waals surface area contributed by atoms with Gasteiger partial charge in [0.1, 0.15) is 5.69 Å². The maximum absolute atomic E-state index is 12.1. The normalized spacial score (nSPS) is 21.8. The summed E-state index contributed by atoms with van der Waals surface area (Å²) in [6, 6.07) is 1.15. The molecule has 1 aliphatic rings. The molecular weight excluding hydrogens is 278 g/mol. The van der Waals surface area contributed by atoms with Crippen molar-refractivity contribution in [1.82, 2.24) is 9.88 Å². The van der Waals surface area contributed by atoms with E-state index in [-0.39, 0.29) is 29.2 Å². The highest BCUT2D eigenvalue weighted by Crippen LogP contribution is 2.25. The average Bonchev–Trinajstić information content (AvgIpc) is 2.81. The minimum Gasteiger partial charge on any atom is -0.481 e. The van der Waals surface area contributed by atoms with Crippen molar-refractivity contribution in [1.29, 1.82) is 0 Å². The van der Waals surface area contributed by atoms with Crippen LogP contribution in [0.15, 0.2) is 12.3 Å². The van der Waals surface area contributed by atoms with Gasteiger partial charge < -0.3 is 15.0 Å². The number of amides is 1. The van der Waals surface area contributed by atoms with Crippen molar-refractivity contribution >= 4 is 17.6 Å². The molecule has 0 aliphatic heterocycles. The van der Waals surface area contributed by atoms with E-state index in [4.69, 9.17) is 5.11 Å². The molecule has 0 saturated heterocycles. The molecule has 2 N–H and O–H groups in total. The number of nitrogens with one attached hydrogen (secondary N) is 1. The number of nitro groups is 1. The Hall–Kier alpha value is -2.38. The van der Waals surface area contributed by atoms with Crippen molar-refractivity contribution in [3.8, 4) is 0 Å². The third-order valence-electron chi connectivity index (χ3n) is 3.85. The number of carbonyl (C=O) groups excluding carboxylic acids is 1. The fourth-order valence-corrected chi connectivity index (χ4v) is 2.62. The molecule has 21 heavy (non-hydrogen) atoms. The number of hydrogen-bond donors (Lipinski definition) is 2. The largest absolute Gasteiger partial charge is 0.481 e. The summed E-state index contributed by atoms with van der Waals surface area (Å²) < 4.78 is 1.41. The van der Waals surface area contributed by atoms with E-state index in [0.717, 1.165) is 0 Å². The molecule has 0 bridgehead atoms. The molecule has 114 valence electrons. The van der Waals surface area contributed by atoms with Gasteiger partial charge in [0.05, 0.1) is 17.0 Å². The van der Waals surface area contributed by atoms with Gasteiger partial charge in [0.15, 0.2) is 0 Å². The van der Waals surface area contributed by atoms with Crippen molar-refractivity contribution in [2.45, 2.75) is 31.7 Å². The van der Waals surface area contributed by atoms with Gasteiger partial charge in [-0.3, -0.25) is 19.7 Å². The molecule has 8 heteroatoms. The first-order valence-electron chi connectivity index (χ1n) is 6.73. The van der Waals surface area contributed by atoms with Gasteiger partial charge in [-0.2, -0.15) is 0 Å². The van der Waals surface area contributed by atoms with E-state index in [0.29, 0.717) is 25.7 Å². The molecule has 0 aromatic carbocycles. The van der Waals surface area contributed by atoms with Crippen molar-refractivity contribution in [3.05, 3.63) is 28.1 Å². The molecule has 0 radical (unpaired) electrons. The Morgan fingerprint density at radius 1 is 1.38 bits per heavy atom. The van der Waals surface area contributed by atoms with Crippen LogP contribution in [0.25, 0.3) is 0 Å². The molecule has 2 rings (SSSR count). The van der Waals surface area contributed by atoms with Crippen molar-refractivity contribution in [2.24, 2.45) is 13.0 Å². The van der Waals surface area contributed by atoms with Crippen LogP contribution in [0, 0.1) is 16.0 Å². The van der Waals surface area contributed by atoms with Gasteiger partial charge in [-0.1, -0.05) is 0 Å². The van der Waals surface area contributed by atoms with Crippen LogP contribution in [0.2, 0.25) is 0 Å². The molecule has 0 spiro atoms. The summed E-state index contributed by atoms with van der Waals surface area (Å²) in [5.41, 5.74) is 0.0966. The summed E-state index contributed by atoms with van der Waals surface area (Å²) in [4.78, 5) is 33.1. The highest BCUT2D eigenvalue weighted by atomic mass is 16.6. The van der Waals surface area contributed by atoms with Gasteiger partial charge in [-0.15, -0.1) is 0 Å². The summed E-state index contributed by atoms with van der Waals surface area (Å²) in [7, 11) is 1.57. The van der Waals surface area contributed by atoms with Gasteiger partial charge in [0.25, 0.3) is 11.6 Å². The molecule has 1 aromatic heterocycles. The molecule has 0 atom stereocenters. The maximum Gasteiger partial charge on any atom is 0.306 e. The second kappa shape index (κ2) is 5.94. The molecule has 1 amide bonds. The van der Waals surface area contributed by atoms with Gasteiger partial charge in [0.2, 0.25) is 0 Å². The Morgan fingerprint density at radius 3 is 2.48 bits per heavy atom. The summed E-state index contributed by atoms with van der Waals surface area (Å²) in [6.45, 7) is 0. The molecule has 1 heterocycles. The molecule has 1 fully saturated rings. The Labute approximate surface area is 120 Å². The number of carbonyl (C=O) groups is 2. The van der Waals surface area contributed by atoms with E-state index in [1.165, 1.54) is 16.8 Å². The predicted octanol–water partition coefficient (Wildman–Crippen LogP) is 1.31. The van der Waals surface area contributed by atoms with Gasteiger partial charge in [-0.05, 0) is 25.7 Å². The number of carboxylic acid groups (broad SMARTS) is 1. The standard InChI is InChI=1S/C13H17N3O5/c1-15-7-10(16(20)21)6-11(15)12(17)14-9-4-2-8(3-5-9)13(18)19/h6-9H,2-5H2,1H3,(H,14,17)(H,18,19). The van der Waals surface area contributed by atoms with Crippen molar-refractivity contribution < 1.29 is 19.6 Å². The number of aromatic nitrogens is 1. The summed E-state index contributed by atoms with van der Waals surface area (Å²) in [6.07, 6.45) is 3.57. The number of hydrogen-bond acceptors (Lipinski definition) is 4.